The average molecular weight is 293 g/mol. The van der Waals surface area contributed by atoms with Gasteiger partial charge in [-0.05, 0) is 26.0 Å². The molecule has 4 nitrogen and oxygen atoms in total. The molecule has 6 heteroatoms. The van der Waals surface area contributed by atoms with Crippen LogP contribution in [0.2, 0.25) is 0 Å². The number of carbonyl (C=O) groups excluding carboxylic acids is 1. The van der Waals surface area contributed by atoms with Crippen LogP contribution in [0.25, 0.3) is 0 Å². The van der Waals surface area contributed by atoms with Gasteiger partial charge < -0.3 is 4.90 Å². The van der Waals surface area contributed by atoms with Gasteiger partial charge in [-0.25, -0.2) is 8.78 Å². The van der Waals surface area contributed by atoms with Gasteiger partial charge in [0.1, 0.15) is 22.7 Å². The maximum Gasteiger partial charge on any atom is 0.259 e. The van der Waals surface area contributed by atoms with Crippen LogP contribution in [-0.4, -0.2) is 47.4 Å². The van der Waals surface area contributed by atoms with E-state index in [4.69, 9.17) is 5.26 Å². The van der Waals surface area contributed by atoms with Crippen molar-refractivity contribution in [2.75, 3.05) is 26.2 Å². The Morgan fingerprint density at radius 2 is 1.71 bits per heavy atom. The molecule has 0 unspecified atom stereocenters. The van der Waals surface area contributed by atoms with Crippen molar-refractivity contribution in [1.82, 2.24) is 9.80 Å². The van der Waals surface area contributed by atoms with Gasteiger partial charge in [0.2, 0.25) is 0 Å². The Balaban J connectivity index is 2.10. The molecule has 0 atom stereocenters. The van der Waals surface area contributed by atoms with Crippen molar-refractivity contribution < 1.29 is 13.6 Å². The second kappa shape index (κ2) is 5.78. The van der Waals surface area contributed by atoms with E-state index in [2.05, 4.69) is 6.07 Å². The third-order valence-electron chi connectivity index (χ3n) is 3.81. The molecule has 1 aromatic rings. The summed E-state index contributed by atoms with van der Waals surface area (Å²) >= 11 is 0. The summed E-state index contributed by atoms with van der Waals surface area (Å²) in [4.78, 5) is 15.6. The Bertz CT molecular complexity index is 567. The lowest BCUT2D eigenvalue weighted by Gasteiger charge is -2.40. The maximum atomic E-state index is 13.6. The molecular formula is C15H17F2N3O. The van der Waals surface area contributed by atoms with Gasteiger partial charge in [-0.15, -0.1) is 0 Å². The SMILES string of the molecule is CC(C)(C#N)N1CCN(C(=O)c2c(F)cccc2F)CC1. The van der Waals surface area contributed by atoms with E-state index in [-0.39, 0.29) is 0 Å². The lowest BCUT2D eigenvalue weighted by Crippen LogP contribution is -2.55. The number of benzene rings is 1. The molecule has 0 N–H and O–H groups in total. The Hall–Kier alpha value is -2.00. The number of piperazine rings is 1. The molecule has 1 aromatic carbocycles. The largest absolute Gasteiger partial charge is 0.336 e. The molecule has 1 amide bonds. The molecule has 1 fully saturated rings. The van der Waals surface area contributed by atoms with Crippen LogP contribution < -0.4 is 0 Å². The van der Waals surface area contributed by atoms with Crippen molar-refractivity contribution in [2.24, 2.45) is 0 Å². The summed E-state index contributed by atoms with van der Waals surface area (Å²) in [5, 5.41) is 9.10. The van der Waals surface area contributed by atoms with Gasteiger partial charge in [-0.3, -0.25) is 9.69 Å². The molecule has 1 heterocycles. The first-order valence-corrected chi connectivity index (χ1v) is 6.76. The minimum absolute atomic E-state index is 0.345. The number of nitriles is 1. The highest BCUT2D eigenvalue weighted by atomic mass is 19.1. The first-order chi connectivity index (χ1) is 9.86. The summed E-state index contributed by atoms with van der Waals surface area (Å²) < 4.78 is 27.3. The molecule has 21 heavy (non-hydrogen) atoms. The van der Waals surface area contributed by atoms with E-state index >= 15 is 0 Å². The van der Waals surface area contributed by atoms with Gasteiger partial charge in [0, 0.05) is 26.2 Å². The number of hydrogen-bond acceptors (Lipinski definition) is 3. The maximum absolute atomic E-state index is 13.6. The predicted octanol–water partition coefficient (Wildman–Crippen LogP) is 2.02. The second-order valence-electron chi connectivity index (χ2n) is 5.55. The highest BCUT2D eigenvalue weighted by molar-refractivity contribution is 5.94. The number of rotatable bonds is 2. The topological polar surface area (TPSA) is 47.3 Å². The van der Waals surface area contributed by atoms with Crippen LogP contribution in [0.5, 0.6) is 0 Å². The summed E-state index contributed by atoms with van der Waals surface area (Å²) in [7, 11) is 0. The van der Waals surface area contributed by atoms with E-state index < -0.39 is 28.6 Å². The molecular weight excluding hydrogens is 276 g/mol. The van der Waals surface area contributed by atoms with E-state index in [1.807, 2.05) is 4.90 Å². The molecule has 2 rings (SSSR count). The van der Waals surface area contributed by atoms with Gasteiger partial charge in [-0.2, -0.15) is 5.26 Å². The van der Waals surface area contributed by atoms with E-state index in [0.717, 1.165) is 12.1 Å². The highest BCUT2D eigenvalue weighted by Crippen LogP contribution is 2.19. The first-order valence-electron chi connectivity index (χ1n) is 6.76. The monoisotopic (exact) mass is 293 g/mol. The van der Waals surface area contributed by atoms with Crippen LogP contribution in [0.3, 0.4) is 0 Å². The zero-order chi connectivity index (χ0) is 15.6. The highest BCUT2D eigenvalue weighted by Gasteiger charge is 2.32. The fraction of sp³-hybridized carbons (Fsp3) is 0.467. The van der Waals surface area contributed by atoms with Gasteiger partial charge >= 0.3 is 0 Å². The van der Waals surface area contributed by atoms with Crippen LogP contribution in [-0.2, 0) is 0 Å². The number of nitrogens with zero attached hydrogens (tertiary/aromatic N) is 3. The quantitative estimate of drug-likeness (QED) is 0.838. The van der Waals surface area contributed by atoms with Gasteiger partial charge in [-0.1, -0.05) is 6.07 Å². The Labute approximate surface area is 122 Å². The fourth-order valence-electron chi connectivity index (χ4n) is 2.40. The Morgan fingerprint density at radius 3 is 2.19 bits per heavy atom. The van der Waals surface area contributed by atoms with Crippen molar-refractivity contribution in [2.45, 2.75) is 19.4 Å². The predicted molar refractivity (Wildman–Crippen MR) is 73.5 cm³/mol. The van der Waals surface area contributed by atoms with Crippen molar-refractivity contribution in [3.05, 3.63) is 35.4 Å². The van der Waals surface area contributed by atoms with Crippen LogP contribution in [0.15, 0.2) is 18.2 Å². The third kappa shape index (κ3) is 3.03. The van der Waals surface area contributed by atoms with E-state index in [1.54, 1.807) is 13.8 Å². The Morgan fingerprint density at radius 1 is 1.19 bits per heavy atom. The molecule has 112 valence electrons. The van der Waals surface area contributed by atoms with Crippen LogP contribution in [0.1, 0.15) is 24.2 Å². The molecule has 1 aliphatic rings. The minimum Gasteiger partial charge on any atom is -0.336 e. The molecule has 0 aliphatic carbocycles. The van der Waals surface area contributed by atoms with Crippen molar-refractivity contribution in [1.29, 1.82) is 5.26 Å². The zero-order valence-electron chi connectivity index (χ0n) is 12.1. The van der Waals surface area contributed by atoms with Crippen LogP contribution in [0, 0.1) is 23.0 Å². The van der Waals surface area contributed by atoms with Crippen molar-refractivity contribution in [3.8, 4) is 6.07 Å². The summed E-state index contributed by atoms with van der Waals surface area (Å²) in [5.74, 6) is -2.33. The zero-order valence-corrected chi connectivity index (χ0v) is 12.1. The smallest absolute Gasteiger partial charge is 0.259 e. The molecule has 1 aliphatic heterocycles. The summed E-state index contributed by atoms with van der Waals surface area (Å²) in [6.45, 7) is 5.31. The normalized spacial score (nSPS) is 16.6. The average Bonchev–Trinajstić information content (AvgIpc) is 2.47. The molecule has 0 saturated carbocycles. The molecule has 0 bridgehead atoms. The van der Waals surface area contributed by atoms with E-state index in [1.165, 1.54) is 11.0 Å². The van der Waals surface area contributed by atoms with E-state index in [9.17, 15) is 13.6 Å². The Kier molecular flexibility index (Phi) is 4.24. The van der Waals surface area contributed by atoms with Crippen molar-refractivity contribution in [3.63, 3.8) is 0 Å². The molecule has 0 aromatic heterocycles. The number of hydrogen-bond donors (Lipinski definition) is 0. The number of halogens is 2. The lowest BCUT2D eigenvalue weighted by molar-refractivity contribution is 0.0512. The lowest BCUT2D eigenvalue weighted by atomic mass is 10.0. The van der Waals surface area contributed by atoms with Crippen molar-refractivity contribution >= 4 is 5.91 Å². The third-order valence-corrected chi connectivity index (χ3v) is 3.81. The van der Waals surface area contributed by atoms with Gasteiger partial charge in [0.15, 0.2) is 0 Å². The minimum atomic E-state index is -0.847. The summed E-state index contributed by atoms with van der Waals surface area (Å²) in [6, 6.07) is 5.59. The van der Waals surface area contributed by atoms with Crippen LogP contribution >= 0.6 is 0 Å². The molecule has 0 spiro atoms. The molecule has 0 radical (unpaired) electrons. The first kappa shape index (κ1) is 15.4. The van der Waals surface area contributed by atoms with E-state index in [0.29, 0.717) is 26.2 Å². The standard InChI is InChI=1S/C15H17F2N3O/c1-15(2,10-18)20-8-6-19(7-9-20)14(21)13-11(16)4-3-5-12(13)17/h3-5H,6-9H2,1-2H3. The number of carbonyl (C=O) groups is 1. The summed E-state index contributed by atoms with van der Waals surface area (Å²) in [6.07, 6.45) is 0. The second-order valence-corrected chi connectivity index (χ2v) is 5.55. The van der Waals surface area contributed by atoms with Gasteiger partial charge in [0.05, 0.1) is 6.07 Å². The van der Waals surface area contributed by atoms with Crippen LogP contribution in [0.4, 0.5) is 8.78 Å². The van der Waals surface area contributed by atoms with Gasteiger partial charge in [0.25, 0.3) is 5.91 Å². The number of amides is 1. The summed E-state index contributed by atoms with van der Waals surface area (Å²) in [5.41, 5.74) is -1.12. The molecule has 1 saturated heterocycles. The fourth-order valence-corrected chi connectivity index (χ4v) is 2.40.